The fourth-order valence-corrected chi connectivity index (χ4v) is 2.60. The summed E-state index contributed by atoms with van der Waals surface area (Å²) in [6.45, 7) is 6.64. The van der Waals surface area contributed by atoms with Gasteiger partial charge in [-0.15, -0.1) is 0 Å². The van der Waals surface area contributed by atoms with Crippen LogP contribution in [0, 0.1) is 24.0 Å². The molecule has 1 saturated heterocycles. The Morgan fingerprint density at radius 3 is 2.50 bits per heavy atom. The van der Waals surface area contributed by atoms with Crippen molar-refractivity contribution in [3.05, 3.63) is 45.8 Å². The van der Waals surface area contributed by atoms with E-state index in [1.807, 2.05) is 19.1 Å². The van der Waals surface area contributed by atoms with E-state index in [1.54, 1.807) is 13.0 Å². The van der Waals surface area contributed by atoms with Crippen LogP contribution in [0.15, 0.2) is 24.3 Å². The van der Waals surface area contributed by atoms with Gasteiger partial charge in [-0.25, -0.2) is 9.97 Å². The first kappa shape index (κ1) is 16.1. The highest BCUT2D eigenvalue weighted by molar-refractivity contribution is 5.62. The Kier molecular flexibility index (Phi) is 4.57. The quantitative estimate of drug-likeness (QED) is 0.680. The Bertz CT molecular complexity index is 759. The zero-order valence-corrected chi connectivity index (χ0v) is 13.7. The standard InChI is InChI=1S/C16H19N5O3/c1-11-13(3-6-16(18-11)20-7-9-24-10-8-20)19-15-5-4-14(21(22)23)12(2)17-15/h3-6H,7-10H2,1-2H3,(H,17,19). The predicted molar refractivity (Wildman–Crippen MR) is 90.9 cm³/mol. The lowest BCUT2D eigenvalue weighted by molar-refractivity contribution is -0.385. The van der Waals surface area contributed by atoms with Gasteiger partial charge in [0.15, 0.2) is 0 Å². The molecule has 0 radical (unpaired) electrons. The van der Waals surface area contributed by atoms with Crippen molar-refractivity contribution in [2.75, 3.05) is 36.5 Å². The maximum absolute atomic E-state index is 10.9. The summed E-state index contributed by atoms with van der Waals surface area (Å²) in [5.74, 6) is 1.48. The van der Waals surface area contributed by atoms with Gasteiger partial charge in [0.2, 0.25) is 0 Å². The Morgan fingerprint density at radius 1 is 1.12 bits per heavy atom. The maximum Gasteiger partial charge on any atom is 0.290 e. The summed E-state index contributed by atoms with van der Waals surface area (Å²) in [5.41, 5.74) is 2.06. The zero-order valence-electron chi connectivity index (χ0n) is 13.7. The average molecular weight is 329 g/mol. The van der Waals surface area contributed by atoms with Gasteiger partial charge in [0, 0.05) is 19.2 Å². The fourth-order valence-electron chi connectivity index (χ4n) is 2.60. The minimum atomic E-state index is -0.434. The van der Waals surface area contributed by atoms with Gasteiger partial charge in [0.1, 0.15) is 17.3 Å². The van der Waals surface area contributed by atoms with E-state index in [0.29, 0.717) is 24.7 Å². The molecule has 3 heterocycles. The molecular weight excluding hydrogens is 310 g/mol. The van der Waals surface area contributed by atoms with E-state index in [2.05, 4.69) is 20.2 Å². The van der Waals surface area contributed by atoms with Crippen LogP contribution in [-0.4, -0.2) is 41.2 Å². The molecule has 2 aromatic rings. The molecule has 0 atom stereocenters. The van der Waals surface area contributed by atoms with Crippen molar-refractivity contribution in [2.24, 2.45) is 0 Å². The smallest absolute Gasteiger partial charge is 0.290 e. The number of pyridine rings is 2. The summed E-state index contributed by atoms with van der Waals surface area (Å²) in [6.07, 6.45) is 0. The van der Waals surface area contributed by atoms with E-state index in [0.717, 1.165) is 30.3 Å². The molecule has 0 spiro atoms. The van der Waals surface area contributed by atoms with Gasteiger partial charge in [-0.05, 0) is 32.0 Å². The number of nitro groups is 1. The SMILES string of the molecule is Cc1nc(N2CCOCC2)ccc1Nc1ccc([N+](=O)[O-])c(C)n1. The highest BCUT2D eigenvalue weighted by Crippen LogP contribution is 2.24. The summed E-state index contributed by atoms with van der Waals surface area (Å²) in [7, 11) is 0. The molecule has 1 fully saturated rings. The van der Waals surface area contributed by atoms with E-state index < -0.39 is 4.92 Å². The lowest BCUT2D eigenvalue weighted by atomic mass is 10.2. The predicted octanol–water partition coefficient (Wildman–Crippen LogP) is 2.58. The van der Waals surface area contributed by atoms with Crippen LogP contribution in [0.3, 0.4) is 0 Å². The summed E-state index contributed by atoms with van der Waals surface area (Å²) in [6, 6.07) is 6.96. The van der Waals surface area contributed by atoms with Crippen LogP contribution in [0.4, 0.5) is 23.0 Å². The molecule has 0 aromatic carbocycles. The van der Waals surface area contributed by atoms with Crippen molar-refractivity contribution in [3.8, 4) is 0 Å². The second kappa shape index (κ2) is 6.79. The van der Waals surface area contributed by atoms with Gasteiger partial charge < -0.3 is 15.0 Å². The summed E-state index contributed by atoms with van der Waals surface area (Å²) >= 11 is 0. The van der Waals surface area contributed by atoms with Crippen LogP contribution in [0.2, 0.25) is 0 Å². The number of morpholine rings is 1. The van der Waals surface area contributed by atoms with E-state index in [9.17, 15) is 10.1 Å². The first-order valence-corrected chi connectivity index (χ1v) is 7.74. The zero-order chi connectivity index (χ0) is 17.1. The third-order valence-corrected chi connectivity index (χ3v) is 3.92. The van der Waals surface area contributed by atoms with Gasteiger partial charge in [-0.1, -0.05) is 0 Å². The maximum atomic E-state index is 10.9. The summed E-state index contributed by atoms with van der Waals surface area (Å²) in [5, 5.41) is 14.0. The van der Waals surface area contributed by atoms with Crippen LogP contribution in [0.25, 0.3) is 0 Å². The number of nitrogens with one attached hydrogen (secondary N) is 1. The second-order valence-electron chi connectivity index (χ2n) is 5.58. The lowest BCUT2D eigenvalue weighted by Gasteiger charge is -2.28. The van der Waals surface area contributed by atoms with Crippen molar-refractivity contribution in [1.82, 2.24) is 9.97 Å². The van der Waals surface area contributed by atoms with Gasteiger partial charge in [-0.3, -0.25) is 10.1 Å². The molecule has 0 amide bonds. The van der Waals surface area contributed by atoms with Gasteiger partial charge in [-0.2, -0.15) is 0 Å². The normalized spacial score (nSPS) is 14.5. The van der Waals surface area contributed by atoms with Crippen molar-refractivity contribution in [1.29, 1.82) is 0 Å². The van der Waals surface area contributed by atoms with Gasteiger partial charge in [0.05, 0.1) is 29.5 Å². The number of ether oxygens (including phenoxy) is 1. The summed E-state index contributed by atoms with van der Waals surface area (Å²) in [4.78, 5) is 21.5. The molecular formula is C16H19N5O3. The Labute approximate surface area is 139 Å². The van der Waals surface area contributed by atoms with E-state index >= 15 is 0 Å². The molecule has 0 bridgehead atoms. The number of anilines is 3. The average Bonchev–Trinajstić information content (AvgIpc) is 2.57. The molecule has 0 saturated carbocycles. The molecule has 3 rings (SSSR count). The molecule has 24 heavy (non-hydrogen) atoms. The summed E-state index contributed by atoms with van der Waals surface area (Å²) < 4.78 is 5.35. The minimum absolute atomic E-state index is 0.0121. The molecule has 2 aromatic heterocycles. The number of nitrogens with zero attached hydrogens (tertiary/aromatic N) is 4. The monoisotopic (exact) mass is 329 g/mol. The van der Waals surface area contributed by atoms with Gasteiger partial charge >= 0.3 is 0 Å². The molecule has 0 aliphatic carbocycles. The third kappa shape index (κ3) is 3.43. The number of hydrogen-bond donors (Lipinski definition) is 1. The Morgan fingerprint density at radius 2 is 1.88 bits per heavy atom. The Balaban J connectivity index is 1.78. The molecule has 0 unspecified atom stereocenters. The van der Waals surface area contributed by atoms with Gasteiger partial charge in [0.25, 0.3) is 5.69 Å². The second-order valence-corrected chi connectivity index (χ2v) is 5.58. The van der Waals surface area contributed by atoms with Crippen LogP contribution in [0.5, 0.6) is 0 Å². The first-order chi connectivity index (χ1) is 11.5. The minimum Gasteiger partial charge on any atom is -0.378 e. The lowest BCUT2D eigenvalue weighted by Crippen LogP contribution is -2.36. The molecule has 1 aliphatic rings. The van der Waals surface area contributed by atoms with Crippen molar-refractivity contribution in [2.45, 2.75) is 13.8 Å². The van der Waals surface area contributed by atoms with E-state index in [1.165, 1.54) is 6.07 Å². The first-order valence-electron chi connectivity index (χ1n) is 7.74. The fraction of sp³-hybridized carbons (Fsp3) is 0.375. The Hall–Kier alpha value is -2.74. The van der Waals surface area contributed by atoms with Crippen LogP contribution >= 0.6 is 0 Å². The van der Waals surface area contributed by atoms with Crippen molar-refractivity contribution in [3.63, 3.8) is 0 Å². The molecule has 8 heteroatoms. The molecule has 126 valence electrons. The van der Waals surface area contributed by atoms with Crippen LogP contribution in [-0.2, 0) is 4.74 Å². The highest BCUT2D eigenvalue weighted by Gasteiger charge is 2.15. The molecule has 8 nitrogen and oxygen atoms in total. The van der Waals surface area contributed by atoms with E-state index in [-0.39, 0.29) is 5.69 Å². The number of hydrogen-bond acceptors (Lipinski definition) is 7. The number of rotatable bonds is 4. The topological polar surface area (TPSA) is 93.4 Å². The van der Waals surface area contributed by atoms with Crippen molar-refractivity contribution >= 4 is 23.0 Å². The third-order valence-electron chi connectivity index (χ3n) is 3.92. The van der Waals surface area contributed by atoms with Crippen molar-refractivity contribution < 1.29 is 9.66 Å². The number of aryl methyl sites for hydroxylation is 2. The number of aromatic nitrogens is 2. The highest BCUT2D eigenvalue weighted by atomic mass is 16.6. The largest absolute Gasteiger partial charge is 0.378 e. The van der Waals surface area contributed by atoms with Crippen LogP contribution < -0.4 is 10.2 Å². The van der Waals surface area contributed by atoms with Crippen LogP contribution in [0.1, 0.15) is 11.4 Å². The molecule has 1 N–H and O–H groups in total. The van der Waals surface area contributed by atoms with E-state index in [4.69, 9.17) is 4.74 Å². The molecule has 1 aliphatic heterocycles.